The van der Waals surface area contributed by atoms with Gasteiger partial charge in [-0.15, -0.1) is 6.42 Å². The highest BCUT2D eigenvalue weighted by Gasteiger charge is 2.49. The topological polar surface area (TPSA) is 49.7 Å². The van der Waals surface area contributed by atoms with Crippen LogP contribution in [0.4, 0.5) is 0 Å². The maximum absolute atomic E-state index is 9.39. The largest absolute Gasteiger partial charge is 0.387 e. The highest BCUT2D eigenvalue weighted by atomic mass is 16.6. The van der Waals surface area contributed by atoms with Crippen LogP contribution < -0.4 is 0 Å². The van der Waals surface area contributed by atoms with E-state index < -0.39 is 18.0 Å². The van der Waals surface area contributed by atoms with Gasteiger partial charge in [-0.2, -0.15) is 0 Å². The van der Waals surface area contributed by atoms with Crippen LogP contribution in [0.1, 0.15) is 20.3 Å². The smallest absolute Gasteiger partial charge is 0.183 e. The number of aliphatic hydroxyl groups is 2. The zero-order chi connectivity index (χ0) is 9.35. The molecule has 0 aliphatic carbocycles. The van der Waals surface area contributed by atoms with Gasteiger partial charge in [0.1, 0.15) is 11.7 Å². The summed E-state index contributed by atoms with van der Waals surface area (Å²) < 4.78 is 5.14. The molecule has 12 heavy (non-hydrogen) atoms. The summed E-state index contributed by atoms with van der Waals surface area (Å²) in [4.78, 5) is 0. The van der Waals surface area contributed by atoms with Crippen LogP contribution in [-0.4, -0.2) is 28.2 Å². The summed E-state index contributed by atoms with van der Waals surface area (Å²) in [7, 11) is 0. The van der Waals surface area contributed by atoms with Crippen molar-refractivity contribution in [3.63, 3.8) is 0 Å². The lowest BCUT2D eigenvalue weighted by Gasteiger charge is -2.25. The number of ether oxygens (including phenoxy) is 1. The molecule has 0 bridgehead atoms. The average Bonchev–Trinajstić information content (AvgIpc) is 2.30. The van der Waals surface area contributed by atoms with Crippen LogP contribution in [0.3, 0.4) is 0 Å². The van der Waals surface area contributed by atoms with Gasteiger partial charge in [0.05, 0.1) is 0 Å². The molecule has 0 spiro atoms. The van der Waals surface area contributed by atoms with E-state index in [9.17, 15) is 10.2 Å². The Labute approximate surface area is 72.4 Å². The summed E-state index contributed by atoms with van der Waals surface area (Å²) in [5.41, 5.74) is -0.793. The van der Waals surface area contributed by atoms with Crippen molar-refractivity contribution in [2.24, 2.45) is 5.92 Å². The van der Waals surface area contributed by atoms with Crippen molar-refractivity contribution >= 4 is 0 Å². The lowest BCUT2D eigenvalue weighted by molar-refractivity contribution is -0.143. The summed E-state index contributed by atoms with van der Waals surface area (Å²) in [5, 5.41) is 18.6. The summed E-state index contributed by atoms with van der Waals surface area (Å²) >= 11 is 0. The average molecular weight is 170 g/mol. The SMILES string of the molecule is C#C[C@]1(CC)OC(O)C(O)C1C. The fourth-order valence-electron chi connectivity index (χ4n) is 1.59. The summed E-state index contributed by atoms with van der Waals surface area (Å²) in [6.07, 6.45) is 3.88. The van der Waals surface area contributed by atoms with Crippen LogP contribution in [0.15, 0.2) is 0 Å². The van der Waals surface area contributed by atoms with E-state index in [1.807, 2.05) is 6.92 Å². The second-order valence-corrected chi connectivity index (χ2v) is 3.18. The Hall–Kier alpha value is -0.560. The monoisotopic (exact) mass is 170 g/mol. The maximum Gasteiger partial charge on any atom is 0.183 e. The van der Waals surface area contributed by atoms with Gasteiger partial charge in [-0.25, -0.2) is 0 Å². The van der Waals surface area contributed by atoms with Gasteiger partial charge in [0.2, 0.25) is 0 Å². The molecule has 0 radical (unpaired) electrons. The Morgan fingerprint density at radius 3 is 2.33 bits per heavy atom. The first-order valence-corrected chi connectivity index (χ1v) is 4.09. The highest BCUT2D eigenvalue weighted by molar-refractivity contribution is 5.15. The molecular weight excluding hydrogens is 156 g/mol. The molecule has 68 valence electrons. The molecule has 1 heterocycles. The van der Waals surface area contributed by atoms with Crippen LogP contribution in [0, 0.1) is 18.3 Å². The Morgan fingerprint density at radius 2 is 2.17 bits per heavy atom. The number of aliphatic hydroxyl groups excluding tert-OH is 2. The van der Waals surface area contributed by atoms with Crippen molar-refractivity contribution in [1.29, 1.82) is 0 Å². The molecule has 1 aliphatic heterocycles. The van der Waals surface area contributed by atoms with E-state index in [1.54, 1.807) is 6.92 Å². The molecule has 2 N–H and O–H groups in total. The van der Waals surface area contributed by atoms with Crippen molar-refractivity contribution < 1.29 is 14.9 Å². The van der Waals surface area contributed by atoms with E-state index in [0.29, 0.717) is 6.42 Å². The van der Waals surface area contributed by atoms with Gasteiger partial charge in [0.15, 0.2) is 6.29 Å². The van der Waals surface area contributed by atoms with E-state index >= 15 is 0 Å². The second kappa shape index (κ2) is 3.06. The fourth-order valence-corrected chi connectivity index (χ4v) is 1.59. The normalized spacial score (nSPS) is 47.4. The highest BCUT2D eigenvalue weighted by Crippen LogP contribution is 2.37. The van der Waals surface area contributed by atoms with Crippen molar-refractivity contribution in [2.75, 3.05) is 0 Å². The number of terminal acetylenes is 1. The van der Waals surface area contributed by atoms with Gasteiger partial charge >= 0.3 is 0 Å². The molecule has 0 aromatic carbocycles. The number of hydrogen-bond acceptors (Lipinski definition) is 3. The summed E-state index contributed by atoms with van der Waals surface area (Å²) in [5.74, 6) is 2.28. The Bertz CT molecular complexity index is 208. The van der Waals surface area contributed by atoms with Gasteiger partial charge in [0.25, 0.3) is 0 Å². The molecule has 1 aliphatic rings. The Balaban J connectivity index is 2.89. The quantitative estimate of drug-likeness (QED) is 0.549. The van der Waals surface area contributed by atoms with Crippen molar-refractivity contribution in [2.45, 2.75) is 38.3 Å². The van der Waals surface area contributed by atoms with Crippen LogP contribution >= 0.6 is 0 Å². The lowest BCUT2D eigenvalue weighted by Crippen LogP contribution is -2.34. The van der Waals surface area contributed by atoms with Crippen LogP contribution in [0.2, 0.25) is 0 Å². The molecule has 0 aromatic heterocycles. The minimum absolute atomic E-state index is 0.220. The van der Waals surface area contributed by atoms with Crippen LogP contribution in [0.25, 0.3) is 0 Å². The van der Waals surface area contributed by atoms with E-state index in [2.05, 4.69) is 5.92 Å². The van der Waals surface area contributed by atoms with Crippen molar-refractivity contribution in [3.8, 4) is 12.3 Å². The molecule has 1 saturated heterocycles. The van der Waals surface area contributed by atoms with E-state index in [1.165, 1.54) is 0 Å². The second-order valence-electron chi connectivity index (χ2n) is 3.18. The Morgan fingerprint density at radius 1 is 1.58 bits per heavy atom. The van der Waals surface area contributed by atoms with Gasteiger partial charge < -0.3 is 14.9 Å². The van der Waals surface area contributed by atoms with Crippen LogP contribution in [-0.2, 0) is 4.74 Å². The fraction of sp³-hybridized carbons (Fsp3) is 0.778. The third-order valence-corrected chi connectivity index (χ3v) is 2.64. The minimum Gasteiger partial charge on any atom is -0.387 e. The minimum atomic E-state index is -1.14. The van der Waals surface area contributed by atoms with Gasteiger partial charge in [-0.1, -0.05) is 19.8 Å². The predicted octanol–water partition coefficient (Wildman–Crippen LogP) is 0.114. The van der Waals surface area contributed by atoms with E-state index in [4.69, 9.17) is 11.2 Å². The molecule has 0 aromatic rings. The molecule has 0 saturated carbocycles. The molecule has 0 amide bonds. The molecular formula is C9H14O3. The number of hydrogen-bond donors (Lipinski definition) is 2. The van der Waals surface area contributed by atoms with Gasteiger partial charge in [-0.05, 0) is 6.42 Å². The maximum atomic E-state index is 9.39. The predicted molar refractivity (Wildman–Crippen MR) is 44.1 cm³/mol. The first kappa shape index (κ1) is 9.53. The van der Waals surface area contributed by atoms with Crippen molar-refractivity contribution in [3.05, 3.63) is 0 Å². The third kappa shape index (κ3) is 1.13. The molecule has 1 fully saturated rings. The first-order chi connectivity index (χ1) is 5.57. The molecule has 4 atom stereocenters. The molecule has 3 nitrogen and oxygen atoms in total. The molecule has 3 heteroatoms. The summed E-state index contributed by atoms with van der Waals surface area (Å²) in [6, 6.07) is 0. The van der Waals surface area contributed by atoms with Gasteiger partial charge in [-0.3, -0.25) is 0 Å². The Kier molecular flexibility index (Phi) is 2.43. The van der Waals surface area contributed by atoms with Gasteiger partial charge in [0, 0.05) is 5.92 Å². The number of rotatable bonds is 1. The zero-order valence-electron chi connectivity index (χ0n) is 7.32. The standard InChI is InChI=1S/C9H14O3/c1-4-9(5-2)6(3)7(10)8(11)12-9/h1,6-8,10-11H,5H2,2-3H3/t6?,7?,8?,9-/m1/s1. The van der Waals surface area contributed by atoms with E-state index in [0.717, 1.165) is 0 Å². The molecule has 3 unspecified atom stereocenters. The molecule has 1 rings (SSSR count). The summed E-state index contributed by atoms with van der Waals surface area (Å²) in [6.45, 7) is 3.66. The van der Waals surface area contributed by atoms with E-state index in [-0.39, 0.29) is 5.92 Å². The lowest BCUT2D eigenvalue weighted by atomic mass is 9.86. The van der Waals surface area contributed by atoms with Crippen molar-refractivity contribution in [1.82, 2.24) is 0 Å². The van der Waals surface area contributed by atoms with Crippen LogP contribution in [0.5, 0.6) is 0 Å². The third-order valence-electron chi connectivity index (χ3n) is 2.64. The first-order valence-electron chi connectivity index (χ1n) is 4.09. The zero-order valence-corrected chi connectivity index (χ0v) is 7.32.